The van der Waals surface area contributed by atoms with Crippen molar-refractivity contribution in [2.75, 3.05) is 37.5 Å². The van der Waals surface area contributed by atoms with Gasteiger partial charge < -0.3 is 19.7 Å². The van der Waals surface area contributed by atoms with E-state index in [2.05, 4.69) is 15.2 Å². The molecule has 0 atom stereocenters. The van der Waals surface area contributed by atoms with E-state index >= 15 is 0 Å². The van der Waals surface area contributed by atoms with E-state index in [1.54, 1.807) is 38.6 Å². The number of amides is 1. The van der Waals surface area contributed by atoms with E-state index in [-0.39, 0.29) is 5.91 Å². The Kier molecular flexibility index (Phi) is 5.94. The molecule has 1 amide bonds. The van der Waals surface area contributed by atoms with Crippen molar-refractivity contribution in [1.82, 2.24) is 4.98 Å². The van der Waals surface area contributed by atoms with Crippen molar-refractivity contribution in [3.05, 3.63) is 42.1 Å². The summed E-state index contributed by atoms with van der Waals surface area (Å²) in [5, 5.41) is 2.87. The molecular weight excluding hydrogens is 330 g/mol. The zero-order valence-electron chi connectivity index (χ0n) is 15.3. The number of pyridine rings is 1. The number of aromatic nitrogens is 1. The average Bonchev–Trinajstić information content (AvgIpc) is 2.97. The average molecular weight is 355 g/mol. The molecule has 138 valence electrons. The molecule has 1 aromatic heterocycles. The summed E-state index contributed by atoms with van der Waals surface area (Å²) < 4.78 is 10.5. The molecule has 1 fully saturated rings. The highest BCUT2D eigenvalue weighted by Gasteiger charge is 2.13. The van der Waals surface area contributed by atoms with Crippen molar-refractivity contribution in [2.24, 2.45) is 0 Å². The van der Waals surface area contributed by atoms with Crippen LogP contribution in [0, 0.1) is 0 Å². The molecular formula is C20H25N3O3. The molecule has 0 radical (unpaired) electrons. The Hall–Kier alpha value is -2.76. The van der Waals surface area contributed by atoms with E-state index < -0.39 is 0 Å². The number of methoxy groups -OCH3 is 2. The number of carbonyl (C=O) groups excluding carboxylic acids is 1. The second kappa shape index (κ2) is 8.56. The van der Waals surface area contributed by atoms with Crippen LogP contribution in [0.25, 0.3) is 0 Å². The second-order valence-corrected chi connectivity index (χ2v) is 6.33. The van der Waals surface area contributed by atoms with Crippen LogP contribution in [-0.4, -0.2) is 38.2 Å². The van der Waals surface area contributed by atoms with Crippen LogP contribution in [0.1, 0.15) is 36.0 Å². The van der Waals surface area contributed by atoms with Gasteiger partial charge in [0, 0.05) is 31.0 Å². The van der Waals surface area contributed by atoms with Gasteiger partial charge in [0.25, 0.3) is 5.91 Å². The molecule has 1 aliphatic heterocycles. The quantitative estimate of drug-likeness (QED) is 0.885. The summed E-state index contributed by atoms with van der Waals surface area (Å²) >= 11 is 0. The van der Waals surface area contributed by atoms with Gasteiger partial charge in [0.15, 0.2) is 11.5 Å². The van der Waals surface area contributed by atoms with Gasteiger partial charge in [-0.05, 0) is 37.1 Å². The maximum atomic E-state index is 12.5. The van der Waals surface area contributed by atoms with Crippen molar-refractivity contribution in [2.45, 2.75) is 25.7 Å². The SMILES string of the molecule is COc1ccc(NC(=O)c2ccc(N3CCCCCC3)nc2)cc1OC. The summed E-state index contributed by atoms with van der Waals surface area (Å²) in [5.74, 6) is 1.93. The number of rotatable bonds is 5. The Labute approximate surface area is 154 Å². The third kappa shape index (κ3) is 4.25. The number of anilines is 2. The van der Waals surface area contributed by atoms with Crippen LogP contribution < -0.4 is 19.7 Å². The van der Waals surface area contributed by atoms with Crippen LogP contribution in [0.15, 0.2) is 36.5 Å². The number of benzene rings is 1. The van der Waals surface area contributed by atoms with E-state index in [1.807, 2.05) is 12.1 Å². The number of carbonyl (C=O) groups is 1. The highest BCUT2D eigenvalue weighted by Crippen LogP contribution is 2.30. The lowest BCUT2D eigenvalue weighted by Crippen LogP contribution is -2.25. The summed E-state index contributed by atoms with van der Waals surface area (Å²) in [4.78, 5) is 19.3. The van der Waals surface area contributed by atoms with Crippen LogP contribution in [0.2, 0.25) is 0 Å². The lowest BCUT2D eigenvalue weighted by molar-refractivity contribution is 0.102. The maximum Gasteiger partial charge on any atom is 0.257 e. The van der Waals surface area contributed by atoms with Crippen molar-refractivity contribution in [3.8, 4) is 11.5 Å². The van der Waals surface area contributed by atoms with Gasteiger partial charge in [-0.15, -0.1) is 0 Å². The van der Waals surface area contributed by atoms with Gasteiger partial charge in [-0.3, -0.25) is 4.79 Å². The molecule has 1 N–H and O–H groups in total. The molecule has 2 aromatic rings. The third-order valence-corrected chi connectivity index (χ3v) is 4.58. The minimum absolute atomic E-state index is 0.202. The first-order chi connectivity index (χ1) is 12.7. The van der Waals surface area contributed by atoms with Crippen LogP contribution in [0.3, 0.4) is 0 Å². The molecule has 1 aromatic carbocycles. The smallest absolute Gasteiger partial charge is 0.257 e. The van der Waals surface area contributed by atoms with E-state index in [9.17, 15) is 4.79 Å². The predicted octanol–water partition coefficient (Wildman–Crippen LogP) is 3.73. The van der Waals surface area contributed by atoms with Crippen molar-refractivity contribution in [3.63, 3.8) is 0 Å². The molecule has 0 bridgehead atoms. The van der Waals surface area contributed by atoms with E-state index in [0.717, 1.165) is 18.9 Å². The minimum atomic E-state index is -0.202. The molecule has 1 saturated heterocycles. The van der Waals surface area contributed by atoms with Crippen molar-refractivity contribution < 1.29 is 14.3 Å². The fourth-order valence-corrected chi connectivity index (χ4v) is 3.12. The van der Waals surface area contributed by atoms with Crippen LogP contribution >= 0.6 is 0 Å². The van der Waals surface area contributed by atoms with Crippen LogP contribution in [0.4, 0.5) is 11.5 Å². The summed E-state index contributed by atoms with van der Waals surface area (Å²) in [7, 11) is 3.14. The number of nitrogens with one attached hydrogen (secondary N) is 1. The topological polar surface area (TPSA) is 63.7 Å². The number of ether oxygens (including phenoxy) is 2. The summed E-state index contributed by atoms with van der Waals surface area (Å²) in [6, 6.07) is 9.02. The van der Waals surface area contributed by atoms with E-state index in [1.165, 1.54) is 25.7 Å². The number of hydrogen-bond acceptors (Lipinski definition) is 5. The standard InChI is InChI=1S/C20H25N3O3/c1-25-17-9-8-16(13-18(17)26-2)22-20(24)15-7-10-19(21-14-15)23-11-5-3-4-6-12-23/h7-10,13-14H,3-6,11-12H2,1-2H3,(H,22,24). The van der Waals surface area contributed by atoms with Crippen LogP contribution in [0.5, 0.6) is 11.5 Å². The largest absolute Gasteiger partial charge is 0.493 e. The predicted molar refractivity (Wildman–Crippen MR) is 102 cm³/mol. The van der Waals surface area contributed by atoms with Gasteiger partial charge in [0.2, 0.25) is 0 Å². The Balaban J connectivity index is 1.68. The van der Waals surface area contributed by atoms with Crippen molar-refractivity contribution >= 4 is 17.4 Å². The van der Waals surface area contributed by atoms with Gasteiger partial charge in [0.05, 0.1) is 19.8 Å². The molecule has 0 spiro atoms. The second-order valence-electron chi connectivity index (χ2n) is 6.33. The Morgan fingerprint density at radius 2 is 1.73 bits per heavy atom. The molecule has 2 heterocycles. The van der Waals surface area contributed by atoms with Gasteiger partial charge in [-0.1, -0.05) is 12.8 Å². The van der Waals surface area contributed by atoms with Crippen LogP contribution in [-0.2, 0) is 0 Å². The molecule has 6 heteroatoms. The lowest BCUT2D eigenvalue weighted by Gasteiger charge is -2.21. The highest BCUT2D eigenvalue weighted by atomic mass is 16.5. The summed E-state index contributed by atoms with van der Waals surface area (Å²) in [6.45, 7) is 2.06. The maximum absolute atomic E-state index is 12.5. The van der Waals surface area contributed by atoms with Gasteiger partial charge in [-0.25, -0.2) is 4.98 Å². The van der Waals surface area contributed by atoms with Gasteiger partial charge in [0.1, 0.15) is 5.82 Å². The van der Waals surface area contributed by atoms with E-state index in [0.29, 0.717) is 22.7 Å². The normalized spacial score (nSPS) is 14.5. The molecule has 0 unspecified atom stereocenters. The van der Waals surface area contributed by atoms with Crippen molar-refractivity contribution in [1.29, 1.82) is 0 Å². The molecule has 0 aliphatic carbocycles. The van der Waals surface area contributed by atoms with E-state index in [4.69, 9.17) is 9.47 Å². The Morgan fingerprint density at radius 3 is 2.35 bits per heavy atom. The first-order valence-electron chi connectivity index (χ1n) is 8.95. The Morgan fingerprint density at radius 1 is 1.00 bits per heavy atom. The first kappa shape index (κ1) is 18.0. The lowest BCUT2D eigenvalue weighted by atomic mass is 10.2. The zero-order chi connectivity index (χ0) is 18.4. The number of nitrogens with zero attached hydrogens (tertiary/aromatic N) is 2. The number of hydrogen-bond donors (Lipinski definition) is 1. The Bertz CT molecular complexity index is 738. The summed E-state index contributed by atoms with van der Waals surface area (Å²) in [6.07, 6.45) is 6.59. The molecule has 1 aliphatic rings. The first-order valence-corrected chi connectivity index (χ1v) is 8.95. The molecule has 6 nitrogen and oxygen atoms in total. The highest BCUT2D eigenvalue weighted by molar-refractivity contribution is 6.04. The fourth-order valence-electron chi connectivity index (χ4n) is 3.12. The summed E-state index contributed by atoms with van der Waals surface area (Å²) in [5.41, 5.74) is 1.17. The minimum Gasteiger partial charge on any atom is -0.493 e. The molecule has 3 rings (SSSR count). The van der Waals surface area contributed by atoms with Gasteiger partial charge in [-0.2, -0.15) is 0 Å². The van der Waals surface area contributed by atoms with Gasteiger partial charge >= 0.3 is 0 Å². The third-order valence-electron chi connectivity index (χ3n) is 4.58. The molecule has 0 saturated carbocycles. The zero-order valence-corrected chi connectivity index (χ0v) is 15.3. The molecule has 26 heavy (non-hydrogen) atoms. The monoisotopic (exact) mass is 355 g/mol. The fraction of sp³-hybridized carbons (Fsp3) is 0.400.